The smallest absolute Gasteiger partial charge is 0.357 e. The Labute approximate surface area is 181 Å². The van der Waals surface area contributed by atoms with Gasteiger partial charge in [-0.2, -0.15) is 5.10 Å². The number of ether oxygens (including phenoxy) is 2. The van der Waals surface area contributed by atoms with E-state index in [1.54, 1.807) is 41.9 Å². The first kappa shape index (κ1) is 20.7. The third-order valence-corrected chi connectivity index (χ3v) is 5.02. The molecule has 0 unspecified atom stereocenters. The van der Waals surface area contributed by atoms with E-state index in [4.69, 9.17) is 9.47 Å². The van der Waals surface area contributed by atoms with Gasteiger partial charge >= 0.3 is 5.97 Å². The van der Waals surface area contributed by atoms with E-state index in [0.717, 1.165) is 30.0 Å². The maximum Gasteiger partial charge on any atom is 0.357 e. The molecule has 1 heterocycles. The van der Waals surface area contributed by atoms with Crippen molar-refractivity contribution >= 4 is 17.6 Å². The van der Waals surface area contributed by atoms with Crippen molar-refractivity contribution in [3.8, 4) is 11.4 Å². The number of hydrogen-bond donors (Lipinski definition) is 1. The molecule has 0 radical (unpaired) electrons. The van der Waals surface area contributed by atoms with Crippen molar-refractivity contribution in [2.24, 2.45) is 0 Å². The number of carbonyl (C=O) groups is 2. The molecule has 4 rings (SSSR count). The Kier molecular flexibility index (Phi) is 6.02. The van der Waals surface area contributed by atoms with E-state index in [2.05, 4.69) is 10.4 Å². The van der Waals surface area contributed by atoms with Crippen molar-refractivity contribution in [2.75, 3.05) is 11.9 Å². The quantitative estimate of drug-likeness (QED) is 0.550. The van der Waals surface area contributed by atoms with Crippen LogP contribution >= 0.6 is 0 Å². The molecule has 1 saturated carbocycles. The summed E-state index contributed by atoms with van der Waals surface area (Å²) in [6.07, 6.45) is 1.17. The molecule has 0 saturated heterocycles. The van der Waals surface area contributed by atoms with Gasteiger partial charge in [-0.3, -0.25) is 4.79 Å². The highest BCUT2D eigenvalue weighted by atomic mass is 16.5. The van der Waals surface area contributed by atoms with Crippen LogP contribution in [0.2, 0.25) is 0 Å². The average Bonchev–Trinajstić information content (AvgIpc) is 3.54. The Morgan fingerprint density at radius 1 is 1.13 bits per heavy atom. The van der Waals surface area contributed by atoms with E-state index >= 15 is 0 Å². The average molecular weight is 419 g/mol. The van der Waals surface area contributed by atoms with Crippen LogP contribution in [0.4, 0.5) is 5.69 Å². The lowest BCUT2D eigenvalue weighted by Gasteiger charge is -2.14. The number of hydrogen-bond acceptors (Lipinski definition) is 5. The normalized spacial score (nSPS) is 14.0. The molecule has 7 heteroatoms. The number of anilines is 1. The number of esters is 1. The molecule has 1 amide bonds. The fraction of sp³-hybridized carbons (Fsp3) is 0.292. The Bertz CT molecular complexity index is 1060. The van der Waals surface area contributed by atoms with Crippen LogP contribution in [0.1, 0.15) is 48.8 Å². The zero-order chi connectivity index (χ0) is 21.8. The van der Waals surface area contributed by atoms with Crippen LogP contribution in [-0.4, -0.2) is 34.4 Å². The number of nitrogens with one attached hydrogen (secondary N) is 1. The number of rotatable bonds is 8. The van der Waals surface area contributed by atoms with Gasteiger partial charge in [-0.05, 0) is 69.2 Å². The molecule has 1 aliphatic carbocycles. The Morgan fingerprint density at radius 2 is 1.84 bits per heavy atom. The molecule has 3 aromatic rings. The maximum atomic E-state index is 12.9. The van der Waals surface area contributed by atoms with E-state index in [1.807, 2.05) is 37.3 Å². The molecule has 7 nitrogen and oxygen atoms in total. The first-order valence-corrected chi connectivity index (χ1v) is 10.4. The molecule has 1 aromatic heterocycles. The number of para-hydroxylation sites is 1. The van der Waals surface area contributed by atoms with Gasteiger partial charge in [-0.1, -0.05) is 18.2 Å². The lowest BCUT2D eigenvalue weighted by atomic mass is 10.2. The number of aromatic nitrogens is 2. The summed E-state index contributed by atoms with van der Waals surface area (Å²) in [5, 5.41) is 7.36. The monoisotopic (exact) mass is 419 g/mol. The first-order valence-electron chi connectivity index (χ1n) is 10.4. The molecule has 1 N–H and O–H groups in total. The molecular formula is C24H25N3O4. The molecule has 31 heavy (non-hydrogen) atoms. The fourth-order valence-corrected chi connectivity index (χ4v) is 3.21. The minimum atomic E-state index is -0.970. The van der Waals surface area contributed by atoms with Gasteiger partial charge < -0.3 is 14.8 Å². The van der Waals surface area contributed by atoms with Crippen LogP contribution < -0.4 is 10.1 Å². The number of benzene rings is 2. The SMILES string of the molecule is CCOc1ccc(NC(=O)[C@H](C)OC(=O)c2cc(C3CC3)nn2-c2ccccc2)cc1. The topological polar surface area (TPSA) is 82.4 Å². The third kappa shape index (κ3) is 4.94. The Morgan fingerprint density at radius 3 is 2.48 bits per heavy atom. The van der Waals surface area contributed by atoms with Gasteiger partial charge in [0.15, 0.2) is 11.8 Å². The second kappa shape index (κ2) is 9.04. The van der Waals surface area contributed by atoms with Crippen molar-refractivity contribution in [1.29, 1.82) is 0 Å². The zero-order valence-corrected chi connectivity index (χ0v) is 17.6. The van der Waals surface area contributed by atoms with Gasteiger partial charge in [0, 0.05) is 11.6 Å². The largest absolute Gasteiger partial charge is 0.494 e. The van der Waals surface area contributed by atoms with E-state index in [-0.39, 0.29) is 0 Å². The van der Waals surface area contributed by atoms with Crippen molar-refractivity contribution in [1.82, 2.24) is 9.78 Å². The summed E-state index contributed by atoms with van der Waals surface area (Å²) in [6, 6.07) is 18.2. The maximum absolute atomic E-state index is 12.9. The number of carbonyl (C=O) groups excluding carboxylic acids is 2. The Hall–Kier alpha value is -3.61. The van der Waals surface area contributed by atoms with Gasteiger partial charge in [0.05, 0.1) is 18.0 Å². The predicted molar refractivity (Wildman–Crippen MR) is 117 cm³/mol. The zero-order valence-electron chi connectivity index (χ0n) is 17.6. The van der Waals surface area contributed by atoms with Crippen molar-refractivity contribution in [3.05, 3.63) is 72.1 Å². The lowest BCUT2D eigenvalue weighted by Crippen LogP contribution is -2.30. The summed E-state index contributed by atoms with van der Waals surface area (Å²) in [5.41, 5.74) is 2.56. The molecule has 1 atom stereocenters. The van der Waals surface area contributed by atoms with Gasteiger partial charge in [-0.15, -0.1) is 0 Å². The van der Waals surface area contributed by atoms with Gasteiger partial charge in [-0.25, -0.2) is 9.48 Å². The van der Waals surface area contributed by atoms with Crippen molar-refractivity contribution in [3.63, 3.8) is 0 Å². The first-order chi connectivity index (χ1) is 15.0. The molecule has 0 spiro atoms. The molecule has 1 aliphatic rings. The highest BCUT2D eigenvalue weighted by Gasteiger charge is 2.30. The molecule has 0 aliphatic heterocycles. The van der Waals surface area contributed by atoms with E-state index in [9.17, 15) is 9.59 Å². The van der Waals surface area contributed by atoms with Crippen LogP contribution in [0.15, 0.2) is 60.7 Å². The molecule has 160 valence electrons. The minimum absolute atomic E-state index is 0.314. The highest BCUT2D eigenvalue weighted by Crippen LogP contribution is 2.39. The summed E-state index contributed by atoms with van der Waals surface area (Å²) in [6.45, 7) is 4.02. The summed E-state index contributed by atoms with van der Waals surface area (Å²) in [5.74, 6) is 0.112. The van der Waals surface area contributed by atoms with Crippen LogP contribution in [0, 0.1) is 0 Å². The van der Waals surface area contributed by atoms with Gasteiger partial charge in [0.25, 0.3) is 5.91 Å². The second-order valence-corrected chi connectivity index (χ2v) is 7.47. The number of amides is 1. The second-order valence-electron chi connectivity index (χ2n) is 7.47. The summed E-state index contributed by atoms with van der Waals surface area (Å²) in [7, 11) is 0. The fourth-order valence-electron chi connectivity index (χ4n) is 3.21. The van der Waals surface area contributed by atoms with Crippen LogP contribution in [0.25, 0.3) is 5.69 Å². The van der Waals surface area contributed by atoms with Crippen LogP contribution in [-0.2, 0) is 9.53 Å². The van der Waals surface area contributed by atoms with E-state index in [1.165, 1.54) is 0 Å². The number of nitrogens with zero attached hydrogens (tertiary/aromatic N) is 2. The molecule has 1 fully saturated rings. The lowest BCUT2D eigenvalue weighted by molar-refractivity contribution is -0.123. The van der Waals surface area contributed by atoms with Crippen molar-refractivity contribution in [2.45, 2.75) is 38.7 Å². The molecule has 2 aromatic carbocycles. The standard InChI is InChI=1S/C24H25N3O4/c1-3-30-20-13-11-18(12-14-20)25-23(28)16(2)31-24(29)22-15-21(17-9-10-17)26-27(22)19-7-5-4-6-8-19/h4-8,11-17H,3,9-10H2,1-2H3,(H,25,28)/t16-/m0/s1. The van der Waals surface area contributed by atoms with E-state index in [0.29, 0.717) is 23.9 Å². The molecule has 0 bridgehead atoms. The molecular weight excluding hydrogens is 394 g/mol. The summed E-state index contributed by atoms with van der Waals surface area (Å²) >= 11 is 0. The predicted octanol–water partition coefficient (Wildman–Crippen LogP) is 4.33. The van der Waals surface area contributed by atoms with Gasteiger partial charge in [0.2, 0.25) is 0 Å². The Balaban J connectivity index is 1.45. The summed E-state index contributed by atoms with van der Waals surface area (Å²) in [4.78, 5) is 25.4. The third-order valence-electron chi connectivity index (χ3n) is 5.02. The van der Waals surface area contributed by atoms with E-state index < -0.39 is 18.0 Å². The highest BCUT2D eigenvalue weighted by molar-refractivity contribution is 5.97. The summed E-state index contributed by atoms with van der Waals surface area (Å²) < 4.78 is 12.5. The van der Waals surface area contributed by atoms with Crippen LogP contribution in [0.3, 0.4) is 0 Å². The minimum Gasteiger partial charge on any atom is -0.494 e. The van der Waals surface area contributed by atoms with Gasteiger partial charge in [0.1, 0.15) is 5.75 Å². The van der Waals surface area contributed by atoms with Crippen molar-refractivity contribution < 1.29 is 19.1 Å². The van der Waals surface area contributed by atoms with Crippen LogP contribution in [0.5, 0.6) is 5.75 Å².